The van der Waals surface area contributed by atoms with Gasteiger partial charge in [-0.2, -0.15) is 9.98 Å². The zero-order valence-electron chi connectivity index (χ0n) is 11.0. The smallest absolute Gasteiger partial charge is 0.239 e. The first-order valence-corrected chi connectivity index (χ1v) is 6.06. The minimum atomic E-state index is 0.0875. The number of nitrogens with zero attached hydrogens (tertiary/aromatic N) is 4. The summed E-state index contributed by atoms with van der Waals surface area (Å²) in [6.07, 6.45) is 0. The largest absolute Gasteiger partial charge is 0.479 e. The van der Waals surface area contributed by atoms with Crippen molar-refractivity contribution in [2.45, 2.75) is 0 Å². The Hall–Kier alpha value is -2.15. The molecule has 1 saturated heterocycles. The van der Waals surface area contributed by atoms with E-state index in [1.165, 1.54) is 0 Å². The molecule has 0 bridgehead atoms. The van der Waals surface area contributed by atoms with Crippen LogP contribution in [0.2, 0.25) is 0 Å². The standard InChI is InChI=1S/C12H18N6O/c1-14-12(13)17-10-4-3-9(11(16-10)19-2)18-7-5-15-6-8-18/h3-4,15H,1,5-8H2,2H3,(H2,13,16,17). The molecule has 0 atom stereocenters. The lowest BCUT2D eigenvalue weighted by atomic mass is 10.3. The number of guanidine groups is 1. The molecule has 7 heteroatoms. The van der Waals surface area contributed by atoms with E-state index in [4.69, 9.17) is 10.5 Å². The molecule has 1 fully saturated rings. The Morgan fingerprint density at radius 3 is 2.84 bits per heavy atom. The molecule has 102 valence electrons. The summed E-state index contributed by atoms with van der Waals surface area (Å²) in [6.45, 7) is 7.08. The summed E-state index contributed by atoms with van der Waals surface area (Å²) in [5.74, 6) is 1.09. The molecule has 19 heavy (non-hydrogen) atoms. The van der Waals surface area contributed by atoms with Crippen molar-refractivity contribution in [3.05, 3.63) is 12.1 Å². The Bertz CT molecular complexity index is 481. The molecule has 2 heterocycles. The van der Waals surface area contributed by atoms with Crippen LogP contribution < -0.4 is 20.7 Å². The third kappa shape index (κ3) is 3.19. The monoisotopic (exact) mass is 262 g/mol. The van der Waals surface area contributed by atoms with Crippen LogP contribution in [-0.2, 0) is 0 Å². The zero-order valence-corrected chi connectivity index (χ0v) is 11.0. The lowest BCUT2D eigenvalue weighted by Gasteiger charge is -2.30. The van der Waals surface area contributed by atoms with Crippen molar-refractivity contribution in [2.24, 2.45) is 15.7 Å². The van der Waals surface area contributed by atoms with Crippen LogP contribution in [0.3, 0.4) is 0 Å². The molecule has 0 aromatic carbocycles. The molecule has 0 radical (unpaired) electrons. The van der Waals surface area contributed by atoms with Crippen LogP contribution in [0, 0.1) is 0 Å². The highest BCUT2D eigenvalue weighted by atomic mass is 16.5. The third-order valence-electron chi connectivity index (χ3n) is 2.87. The first kappa shape index (κ1) is 13.3. The summed E-state index contributed by atoms with van der Waals surface area (Å²) in [7, 11) is 1.59. The number of hydrogen-bond donors (Lipinski definition) is 2. The van der Waals surface area contributed by atoms with Gasteiger partial charge in [-0.25, -0.2) is 4.99 Å². The van der Waals surface area contributed by atoms with Crippen molar-refractivity contribution in [2.75, 3.05) is 38.2 Å². The quantitative estimate of drug-likeness (QED) is 0.598. The van der Waals surface area contributed by atoms with E-state index in [0.717, 1.165) is 31.9 Å². The van der Waals surface area contributed by atoms with Crippen LogP contribution in [0.4, 0.5) is 11.5 Å². The van der Waals surface area contributed by atoms with Gasteiger partial charge in [0, 0.05) is 26.2 Å². The lowest BCUT2D eigenvalue weighted by Crippen LogP contribution is -2.43. The normalized spacial score (nSPS) is 16.3. The van der Waals surface area contributed by atoms with E-state index in [1.54, 1.807) is 13.2 Å². The Morgan fingerprint density at radius 1 is 1.47 bits per heavy atom. The summed E-state index contributed by atoms with van der Waals surface area (Å²) in [6, 6.07) is 3.73. The highest BCUT2D eigenvalue weighted by Crippen LogP contribution is 2.28. The summed E-state index contributed by atoms with van der Waals surface area (Å²) in [5.41, 5.74) is 6.46. The number of hydrogen-bond acceptors (Lipinski definition) is 5. The molecule has 3 N–H and O–H groups in total. The van der Waals surface area contributed by atoms with Gasteiger partial charge in [0.25, 0.3) is 0 Å². The van der Waals surface area contributed by atoms with Crippen LogP contribution in [-0.4, -0.2) is 50.9 Å². The van der Waals surface area contributed by atoms with Crippen LogP contribution >= 0.6 is 0 Å². The van der Waals surface area contributed by atoms with E-state index in [-0.39, 0.29) is 5.96 Å². The lowest BCUT2D eigenvalue weighted by molar-refractivity contribution is 0.397. The fourth-order valence-electron chi connectivity index (χ4n) is 1.93. The second-order valence-electron chi connectivity index (χ2n) is 4.06. The number of aliphatic imine (C=N–C) groups is 2. The first-order valence-electron chi connectivity index (χ1n) is 6.06. The molecule has 0 aliphatic carbocycles. The number of anilines is 1. The molecular formula is C12H18N6O. The molecule has 0 amide bonds. The Morgan fingerprint density at radius 2 is 2.21 bits per heavy atom. The number of nitrogens with two attached hydrogens (primary N) is 1. The molecular weight excluding hydrogens is 244 g/mol. The van der Waals surface area contributed by atoms with E-state index in [1.807, 2.05) is 6.07 Å². The van der Waals surface area contributed by atoms with E-state index >= 15 is 0 Å². The van der Waals surface area contributed by atoms with Gasteiger partial charge in [-0.1, -0.05) is 0 Å². The number of piperazine rings is 1. The van der Waals surface area contributed by atoms with Crippen molar-refractivity contribution in [3.8, 4) is 5.88 Å². The van der Waals surface area contributed by atoms with Crippen LogP contribution in [0.25, 0.3) is 0 Å². The molecule has 2 rings (SSSR count). The summed E-state index contributed by atoms with van der Waals surface area (Å²) in [4.78, 5) is 14.1. The highest BCUT2D eigenvalue weighted by Gasteiger charge is 2.16. The maximum Gasteiger partial charge on any atom is 0.239 e. The van der Waals surface area contributed by atoms with Gasteiger partial charge in [0.15, 0.2) is 5.82 Å². The van der Waals surface area contributed by atoms with Crippen molar-refractivity contribution in [1.82, 2.24) is 10.3 Å². The minimum Gasteiger partial charge on any atom is -0.479 e. The second-order valence-corrected chi connectivity index (χ2v) is 4.06. The van der Waals surface area contributed by atoms with E-state index in [9.17, 15) is 0 Å². The van der Waals surface area contributed by atoms with Crippen LogP contribution in [0.5, 0.6) is 5.88 Å². The maximum atomic E-state index is 5.50. The Labute approximate surface area is 112 Å². The summed E-state index contributed by atoms with van der Waals surface area (Å²) in [5, 5.41) is 3.31. The van der Waals surface area contributed by atoms with Gasteiger partial charge in [0.1, 0.15) is 5.69 Å². The van der Waals surface area contributed by atoms with Crippen LogP contribution in [0.15, 0.2) is 22.1 Å². The molecule has 1 aromatic heterocycles. The zero-order chi connectivity index (χ0) is 13.7. The summed E-state index contributed by atoms with van der Waals surface area (Å²) < 4.78 is 5.32. The van der Waals surface area contributed by atoms with Crippen molar-refractivity contribution < 1.29 is 4.74 Å². The topological polar surface area (TPSA) is 88.1 Å². The second kappa shape index (κ2) is 6.14. The molecule has 0 spiro atoms. The van der Waals surface area contributed by atoms with Gasteiger partial charge in [0.2, 0.25) is 11.8 Å². The number of aromatic nitrogens is 1. The number of pyridine rings is 1. The molecule has 0 saturated carbocycles. The molecule has 1 aromatic rings. The Balaban J connectivity index is 2.27. The van der Waals surface area contributed by atoms with Gasteiger partial charge >= 0.3 is 0 Å². The van der Waals surface area contributed by atoms with Crippen LogP contribution in [0.1, 0.15) is 0 Å². The number of ether oxygens (including phenoxy) is 1. The van der Waals surface area contributed by atoms with E-state index in [2.05, 4.69) is 31.9 Å². The van der Waals surface area contributed by atoms with Crippen molar-refractivity contribution in [3.63, 3.8) is 0 Å². The third-order valence-corrected chi connectivity index (χ3v) is 2.87. The molecule has 0 unspecified atom stereocenters. The molecule has 1 aliphatic rings. The van der Waals surface area contributed by atoms with Gasteiger partial charge in [-0.05, 0) is 18.9 Å². The first-order chi connectivity index (χ1) is 9.24. The van der Waals surface area contributed by atoms with E-state index in [0.29, 0.717) is 11.7 Å². The van der Waals surface area contributed by atoms with Gasteiger partial charge in [0.05, 0.1) is 7.11 Å². The predicted octanol–water partition coefficient (Wildman–Crippen LogP) is 0.147. The van der Waals surface area contributed by atoms with Gasteiger partial charge < -0.3 is 20.7 Å². The maximum absolute atomic E-state index is 5.50. The minimum absolute atomic E-state index is 0.0875. The fraction of sp³-hybridized carbons (Fsp3) is 0.417. The SMILES string of the molecule is C=NC(N)=Nc1ccc(N2CCNCC2)c(OC)n1. The number of rotatable bonds is 3. The van der Waals surface area contributed by atoms with Gasteiger partial charge in [-0.3, -0.25) is 0 Å². The number of methoxy groups -OCH3 is 1. The van der Waals surface area contributed by atoms with E-state index < -0.39 is 0 Å². The average Bonchev–Trinajstić information content (AvgIpc) is 2.47. The summed E-state index contributed by atoms with van der Waals surface area (Å²) >= 11 is 0. The average molecular weight is 262 g/mol. The Kier molecular flexibility index (Phi) is 4.30. The van der Waals surface area contributed by atoms with Gasteiger partial charge in [-0.15, -0.1) is 0 Å². The number of nitrogens with one attached hydrogen (secondary N) is 1. The molecule has 7 nitrogen and oxygen atoms in total. The predicted molar refractivity (Wildman–Crippen MR) is 76.7 cm³/mol. The highest BCUT2D eigenvalue weighted by molar-refractivity contribution is 5.84. The van der Waals surface area contributed by atoms with Crippen molar-refractivity contribution in [1.29, 1.82) is 0 Å². The fourth-order valence-corrected chi connectivity index (χ4v) is 1.93. The molecule has 1 aliphatic heterocycles. The van der Waals surface area contributed by atoms with Crippen molar-refractivity contribution >= 4 is 24.2 Å².